The van der Waals surface area contributed by atoms with Gasteiger partial charge in [0.1, 0.15) is 6.10 Å². The first-order valence-electron chi connectivity index (χ1n) is 5.44. The smallest absolute Gasteiger partial charge is 0.313 e. The van der Waals surface area contributed by atoms with Crippen molar-refractivity contribution in [2.75, 3.05) is 7.11 Å². The lowest BCUT2D eigenvalue weighted by molar-refractivity contribution is -0.159. The molecule has 2 aliphatic carbocycles. The molecule has 16 heavy (non-hydrogen) atoms. The third kappa shape index (κ3) is 0.966. The van der Waals surface area contributed by atoms with E-state index < -0.39 is 5.41 Å². The molecule has 6 atom stereocenters. The number of ether oxygens (including phenoxy) is 2. The summed E-state index contributed by atoms with van der Waals surface area (Å²) in [6.07, 6.45) is 0.935. The van der Waals surface area contributed by atoms with Gasteiger partial charge in [0, 0.05) is 5.92 Å². The first-order valence-corrected chi connectivity index (χ1v) is 6.69. The third-order valence-corrected chi connectivity index (χ3v) is 6.26. The van der Waals surface area contributed by atoms with Crippen molar-refractivity contribution in [1.29, 1.82) is 0 Å². The number of halogens is 1. The van der Waals surface area contributed by atoms with Crippen LogP contribution in [0.3, 0.4) is 0 Å². The van der Waals surface area contributed by atoms with Crippen molar-refractivity contribution in [3.8, 4) is 0 Å². The molecule has 0 amide bonds. The highest BCUT2D eigenvalue weighted by Crippen LogP contribution is 2.66. The number of carbonyl (C=O) groups excluding carboxylic acids is 2. The van der Waals surface area contributed by atoms with Gasteiger partial charge in [-0.05, 0) is 19.3 Å². The molecule has 3 rings (SSSR count). The molecule has 3 aliphatic rings. The average molecular weight is 336 g/mol. The summed E-state index contributed by atoms with van der Waals surface area (Å²) in [6.45, 7) is 1.87. The number of carbonyl (C=O) groups is 2. The fourth-order valence-corrected chi connectivity index (χ4v) is 5.18. The van der Waals surface area contributed by atoms with Gasteiger partial charge in [-0.1, -0.05) is 22.6 Å². The maximum Gasteiger partial charge on any atom is 0.313 e. The predicted octanol–water partition coefficient (Wildman–Crippen LogP) is 1.16. The summed E-state index contributed by atoms with van der Waals surface area (Å²) in [4.78, 5) is 23.8. The van der Waals surface area contributed by atoms with Gasteiger partial charge in [0.05, 0.1) is 22.4 Å². The Balaban J connectivity index is 2.07. The number of hydrogen-bond donors (Lipinski definition) is 0. The second-order valence-corrected chi connectivity index (χ2v) is 6.54. The van der Waals surface area contributed by atoms with E-state index in [1.807, 2.05) is 6.92 Å². The molecular weight excluding hydrogens is 323 g/mol. The number of hydrogen-bond acceptors (Lipinski definition) is 4. The van der Waals surface area contributed by atoms with Crippen LogP contribution >= 0.6 is 22.6 Å². The molecule has 0 N–H and O–H groups in total. The van der Waals surface area contributed by atoms with Crippen molar-refractivity contribution < 1.29 is 19.1 Å². The summed E-state index contributed by atoms with van der Waals surface area (Å²) in [7, 11) is 1.39. The van der Waals surface area contributed by atoms with E-state index in [0.29, 0.717) is 0 Å². The summed E-state index contributed by atoms with van der Waals surface area (Å²) in [5.41, 5.74) is -0.635. The molecule has 4 nitrogen and oxygen atoms in total. The van der Waals surface area contributed by atoms with Gasteiger partial charge >= 0.3 is 11.9 Å². The lowest BCUT2D eigenvalue weighted by Gasteiger charge is -2.33. The lowest BCUT2D eigenvalue weighted by Crippen LogP contribution is -2.45. The first-order chi connectivity index (χ1) is 7.51. The van der Waals surface area contributed by atoms with Crippen LogP contribution in [0.25, 0.3) is 0 Å². The third-order valence-electron chi connectivity index (χ3n) is 4.63. The molecule has 1 saturated heterocycles. The van der Waals surface area contributed by atoms with Crippen molar-refractivity contribution >= 4 is 34.5 Å². The SMILES string of the molecule is COC(=O)[C@H]1[C@@H]2C[C@H]3[C@@H](OC(=O)[C@]31C)[C@H]2I. The fourth-order valence-electron chi connectivity index (χ4n) is 3.83. The van der Waals surface area contributed by atoms with E-state index in [4.69, 9.17) is 9.47 Å². The van der Waals surface area contributed by atoms with Crippen LogP contribution in [-0.4, -0.2) is 29.1 Å². The minimum absolute atomic E-state index is 0.0176. The Kier molecular flexibility index (Phi) is 2.10. The van der Waals surface area contributed by atoms with Crippen LogP contribution in [0.15, 0.2) is 0 Å². The highest BCUT2D eigenvalue weighted by Gasteiger charge is 2.74. The number of alkyl halides is 1. The monoisotopic (exact) mass is 336 g/mol. The van der Waals surface area contributed by atoms with Gasteiger partial charge in [-0.2, -0.15) is 0 Å². The first kappa shape index (κ1) is 10.8. The quantitative estimate of drug-likeness (QED) is 0.410. The maximum absolute atomic E-state index is 12.0. The second-order valence-electron chi connectivity index (χ2n) is 5.10. The molecular formula is C11H13IO4. The van der Waals surface area contributed by atoms with E-state index in [9.17, 15) is 9.59 Å². The van der Waals surface area contributed by atoms with E-state index in [1.54, 1.807) is 0 Å². The van der Waals surface area contributed by atoms with Crippen LogP contribution in [0.4, 0.5) is 0 Å². The van der Waals surface area contributed by atoms with Gasteiger partial charge in [0.15, 0.2) is 0 Å². The summed E-state index contributed by atoms with van der Waals surface area (Å²) in [5.74, 6) is -0.334. The van der Waals surface area contributed by atoms with Gasteiger partial charge in [-0.3, -0.25) is 9.59 Å². The zero-order valence-corrected chi connectivity index (χ0v) is 11.3. The Morgan fingerprint density at radius 2 is 2.31 bits per heavy atom. The van der Waals surface area contributed by atoms with Crippen LogP contribution in [0.1, 0.15) is 13.3 Å². The standard InChI is InChI=1S/C11H13IO4/c1-11-5-3-4(6(11)9(13)15-2)7(12)8(5)16-10(11)14/h4-8H,3H2,1-2H3/t4-,5-,6+,7-,8+,11+/m0/s1. The normalized spacial score (nSPS) is 52.9. The van der Waals surface area contributed by atoms with E-state index in [0.717, 1.165) is 6.42 Å². The number of methoxy groups -OCH3 is 1. The van der Waals surface area contributed by atoms with E-state index >= 15 is 0 Å². The number of fused-ring (bicyclic) bond motifs is 1. The molecule has 0 aromatic heterocycles. The Morgan fingerprint density at radius 3 is 2.94 bits per heavy atom. The Morgan fingerprint density at radius 1 is 1.62 bits per heavy atom. The minimum Gasteiger partial charge on any atom is -0.469 e. The lowest BCUT2D eigenvalue weighted by atomic mass is 9.68. The van der Waals surface area contributed by atoms with Crippen LogP contribution in [0, 0.1) is 23.2 Å². The van der Waals surface area contributed by atoms with Gasteiger partial charge in [0.25, 0.3) is 0 Å². The van der Waals surface area contributed by atoms with Gasteiger partial charge < -0.3 is 9.47 Å². The average Bonchev–Trinajstić information content (AvgIpc) is 2.79. The highest BCUT2D eigenvalue weighted by atomic mass is 127. The molecule has 0 spiro atoms. The zero-order chi connectivity index (χ0) is 11.7. The van der Waals surface area contributed by atoms with Crippen LogP contribution in [0.2, 0.25) is 0 Å². The molecule has 0 aromatic rings. The van der Waals surface area contributed by atoms with Gasteiger partial charge in [-0.25, -0.2) is 0 Å². The van der Waals surface area contributed by atoms with Gasteiger partial charge in [-0.15, -0.1) is 0 Å². The van der Waals surface area contributed by atoms with E-state index in [-0.39, 0.29) is 39.7 Å². The summed E-state index contributed by atoms with van der Waals surface area (Å²) in [5, 5.41) is 0. The molecule has 88 valence electrons. The van der Waals surface area contributed by atoms with E-state index in [1.165, 1.54) is 7.11 Å². The van der Waals surface area contributed by atoms with Crippen molar-refractivity contribution in [2.24, 2.45) is 23.2 Å². The number of rotatable bonds is 1. The predicted molar refractivity (Wildman–Crippen MR) is 62.9 cm³/mol. The molecule has 5 heteroatoms. The van der Waals surface area contributed by atoms with Crippen LogP contribution in [-0.2, 0) is 19.1 Å². The maximum atomic E-state index is 12.0. The molecule has 0 aromatic carbocycles. The zero-order valence-electron chi connectivity index (χ0n) is 9.10. The molecule has 3 fully saturated rings. The second kappa shape index (κ2) is 3.11. The molecule has 2 bridgehead atoms. The molecule has 1 aliphatic heterocycles. The minimum atomic E-state index is -0.635. The molecule has 0 unspecified atom stereocenters. The molecule has 1 heterocycles. The fraction of sp³-hybridized carbons (Fsp3) is 0.818. The summed E-state index contributed by atoms with van der Waals surface area (Å²) >= 11 is 2.31. The van der Waals surface area contributed by atoms with Crippen molar-refractivity contribution in [3.05, 3.63) is 0 Å². The van der Waals surface area contributed by atoms with Gasteiger partial charge in [0.2, 0.25) is 0 Å². The topological polar surface area (TPSA) is 52.6 Å². The van der Waals surface area contributed by atoms with Crippen molar-refractivity contribution in [1.82, 2.24) is 0 Å². The Bertz CT molecular complexity index is 382. The van der Waals surface area contributed by atoms with Crippen LogP contribution < -0.4 is 0 Å². The summed E-state index contributed by atoms with van der Waals surface area (Å²) in [6, 6.07) is 0. The van der Waals surface area contributed by atoms with E-state index in [2.05, 4.69) is 22.6 Å². The van der Waals surface area contributed by atoms with Crippen LogP contribution in [0.5, 0.6) is 0 Å². The largest absolute Gasteiger partial charge is 0.469 e. The number of esters is 2. The Labute approximate surface area is 107 Å². The molecule has 2 saturated carbocycles. The molecule has 0 radical (unpaired) electrons. The summed E-state index contributed by atoms with van der Waals surface area (Å²) < 4.78 is 10.5. The Hall–Kier alpha value is -0.330. The van der Waals surface area contributed by atoms with Crippen molar-refractivity contribution in [2.45, 2.75) is 23.4 Å². The van der Waals surface area contributed by atoms with Crippen molar-refractivity contribution in [3.63, 3.8) is 0 Å². The highest BCUT2D eigenvalue weighted by molar-refractivity contribution is 14.1.